The summed E-state index contributed by atoms with van der Waals surface area (Å²) in [5.41, 5.74) is 1.05. The number of fused-ring (bicyclic) bond motifs is 1. The molecule has 1 N–H and O–H groups in total. The summed E-state index contributed by atoms with van der Waals surface area (Å²) in [4.78, 5) is 38.7. The molecule has 0 aliphatic rings. The van der Waals surface area contributed by atoms with Crippen LogP contribution in [0.4, 0.5) is 5.69 Å². The fourth-order valence-electron chi connectivity index (χ4n) is 3.28. The molecule has 4 aromatic rings. The van der Waals surface area contributed by atoms with E-state index in [-0.39, 0.29) is 19.0 Å². The van der Waals surface area contributed by atoms with E-state index in [0.29, 0.717) is 22.4 Å². The van der Waals surface area contributed by atoms with Gasteiger partial charge in [-0.05, 0) is 64.8 Å². The number of furan rings is 1. The van der Waals surface area contributed by atoms with Crippen LogP contribution in [0.25, 0.3) is 10.9 Å². The number of nitrogens with zero attached hydrogens (tertiary/aromatic N) is 2. The van der Waals surface area contributed by atoms with Crippen molar-refractivity contribution >= 4 is 38.4 Å². The van der Waals surface area contributed by atoms with Crippen molar-refractivity contribution in [3.8, 4) is 0 Å². The standard InChI is InChI=1S/C22H18BrN3O4/c1-14-8-9-18(17(23)11-14)24-20(27)13-25-19-7-3-2-6-16(19)21(28)26(22(25)29)12-15-5-4-10-30-15/h2-11H,12-13H2,1H3,(H,24,27). The Morgan fingerprint density at radius 1 is 1.07 bits per heavy atom. The van der Waals surface area contributed by atoms with Gasteiger partial charge in [-0.15, -0.1) is 0 Å². The molecule has 1 amide bonds. The zero-order valence-electron chi connectivity index (χ0n) is 16.1. The summed E-state index contributed by atoms with van der Waals surface area (Å²) < 4.78 is 8.42. The Hall–Kier alpha value is -3.39. The molecular weight excluding hydrogens is 450 g/mol. The van der Waals surface area contributed by atoms with Gasteiger partial charge in [-0.2, -0.15) is 0 Å². The van der Waals surface area contributed by atoms with E-state index in [4.69, 9.17) is 4.42 Å². The molecule has 30 heavy (non-hydrogen) atoms. The molecule has 0 aliphatic heterocycles. The van der Waals surface area contributed by atoms with Gasteiger partial charge in [0.05, 0.1) is 29.4 Å². The van der Waals surface area contributed by atoms with Gasteiger partial charge < -0.3 is 9.73 Å². The van der Waals surface area contributed by atoms with Crippen LogP contribution < -0.4 is 16.6 Å². The fourth-order valence-corrected chi connectivity index (χ4v) is 3.87. The Balaban J connectivity index is 1.75. The zero-order valence-corrected chi connectivity index (χ0v) is 17.7. The quantitative estimate of drug-likeness (QED) is 0.486. The first-order valence-electron chi connectivity index (χ1n) is 9.25. The van der Waals surface area contributed by atoms with Crippen LogP contribution >= 0.6 is 15.9 Å². The molecule has 7 nitrogen and oxygen atoms in total. The van der Waals surface area contributed by atoms with Crippen LogP contribution in [0.15, 0.2) is 79.3 Å². The van der Waals surface area contributed by atoms with Gasteiger partial charge in [-0.1, -0.05) is 18.2 Å². The average Bonchev–Trinajstić information content (AvgIpc) is 3.24. The van der Waals surface area contributed by atoms with E-state index in [1.165, 1.54) is 10.8 Å². The first-order chi connectivity index (χ1) is 14.4. The first-order valence-corrected chi connectivity index (χ1v) is 10.0. The molecular formula is C22H18BrN3O4. The molecule has 0 aliphatic carbocycles. The highest BCUT2D eigenvalue weighted by molar-refractivity contribution is 9.10. The van der Waals surface area contributed by atoms with E-state index in [1.54, 1.807) is 42.5 Å². The maximum atomic E-state index is 13.1. The number of hydrogen-bond acceptors (Lipinski definition) is 4. The summed E-state index contributed by atoms with van der Waals surface area (Å²) >= 11 is 3.43. The number of rotatable bonds is 5. The van der Waals surface area contributed by atoms with E-state index in [2.05, 4.69) is 21.2 Å². The third-order valence-electron chi connectivity index (χ3n) is 4.73. The summed E-state index contributed by atoms with van der Waals surface area (Å²) in [5, 5.41) is 3.16. The second-order valence-corrected chi connectivity index (χ2v) is 7.74. The van der Waals surface area contributed by atoms with Crippen molar-refractivity contribution in [2.75, 3.05) is 5.32 Å². The zero-order chi connectivity index (χ0) is 21.3. The lowest BCUT2D eigenvalue weighted by Crippen LogP contribution is -2.42. The molecule has 8 heteroatoms. The molecule has 0 saturated carbocycles. The van der Waals surface area contributed by atoms with Crippen LogP contribution in [0.1, 0.15) is 11.3 Å². The van der Waals surface area contributed by atoms with E-state index in [0.717, 1.165) is 14.6 Å². The molecule has 0 saturated heterocycles. The number of aryl methyl sites for hydroxylation is 1. The van der Waals surface area contributed by atoms with Crippen molar-refractivity contribution < 1.29 is 9.21 Å². The number of nitrogens with one attached hydrogen (secondary N) is 1. The van der Waals surface area contributed by atoms with Gasteiger partial charge in [0.15, 0.2) is 0 Å². The molecule has 2 aromatic carbocycles. The smallest absolute Gasteiger partial charge is 0.332 e. The molecule has 152 valence electrons. The lowest BCUT2D eigenvalue weighted by atomic mass is 10.2. The minimum absolute atomic E-state index is 0.0133. The van der Waals surface area contributed by atoms with Crippen LogP contribution in [0, 0.1) is 6.92 Å². The van der Waals surface area contributed by atoms with Gasteiger partial charge >= 0.3 is 5.69 Å². The SMILES string of the molecule is Cc1ccc(NC(=O)Cn2c(=O)n(Cc3ccco3)c(=O)c3ccccc32)c(Br)c1. The predicted molar refractivity (Wildman–Crippen MR) is 118 cm³/mol. The summed E-state index contributed by atoms with van der Waals surface area (Å²) in [7, 11) is 0. The summed E-state index contributed by atoms with van der Waals surface area (Å²) in [6, 6.07) is 15.7. The van der Waals surface area contributed by atoms with Crippen molar-refractivity contribution in [1.29, 1.82) is 0 Å². The number of hydrogen-bond donors (Lipinski definition) is 1. The molecule has 0 bridgehead atoms. The van der Waals surface area contributed by atoms with Crippen molar-refractivity contribution in [2.24, 2.45) is 0 Å². The summed E-state index contributed by atoms with van der Waals surface area (Å²) in [6.07, 6.45) is 1.48. The third kappa shape index (κ3) is 3.86. The third-order valence-corrected chi connectivity index (χ3v) is 5.38. The van der Waals surface area contributed by atoms with Crippen molar-refractivity contribution in [3.05, 3.63) is 97.5 Å². The van der Waals surface area contributed by atoms with Gasteiger partial charge in [0.2, 0.25) is 5.91 Å². The fraction of sp³-hybridized carbons (Fsp3) is 0.136. The Kier molecular flexibility index (Phi) is 5.41. The number of aromatic nitrogens is 2. The normalized spacial score (nSPS) is 11.0. The van der Waals surface area contributed by atoms with Crippen molar-refractivity contribution in [1.82, 2.24) is 9.13 Å². The van der Waals surface area contributed by atoms with Crippen molar-refractivity contribution in [3.63, 3.8) is 0 Å². The molecule has 0 unspecified atom stereocenters. The van der Waals surface area contributed by atoms with E-state index in [1.807, 2.05) is 19.1 Å². The molecule has 0 spiro atoms. The maximum absolute atomic E-state index is 13.1. The van der Waals surface area contributed by atoms with Gasteiger partial charge in [-0.25, -0.2) is 4.79 Å². The van der Waals surface area contributed by atoms with Crippen LogP contribution in [0.2, 0.25) is 0 Å². The van der Waals surface area contributed by atoms with Crippen LogP contribution in [-0.4, -0.2) is 15.0 Å². The second kappa shape index (κ2) is 8.16. The molecule has 2 aromatic heterocycles. The number of carbonyl (C=O) groups is 1. The monoisotopic (exact) mass is 467 g/mol. The lowest BCUT2D eigenvalue weighted by Gasteiger charge is -2.14. The molecule has 0 fully saturated rings. The number of benzene rings is 2. The topological polar surface area (TPSA) is 86.2 Å². The largest absolute Gasteiger partial charge is 0.467 e. The predicted octanol–water partition coefficient (Wildman–Crippen LogP) is 3.51. The van der Waals surface area contributed by atoms with E-state index >= 15 is 0 Å². The summed E-state index contributed by atoms with van der Waals surface area (Å²) in [5.74, 6) is 0.0964. The molecule has 0 atom stereocenters. The molecule has 2 heterocycles. The minimum Gasteiger partial charge on any atom is -0.467 e. The van der Waals surface area contributed by atoms with E-state index < -0.39 is 11.2 Å². The summed E-state index contributed by atoms with van der Waals surface area (Å²) in [6.45, 7) is 1.70. The number of carbonyl (C=O) groups excluding carboxylic acids is 1. The van der Waals surface area contributed by atoms with Crippen LogP contribution in [0.5, 0.6) is 0 Å². The second-order valence-electron chi connectivity index (χ2n) is 6.89. The Labute approximate surface area is 179 Å². The van der Waals surface area contributed by atoms with Gasteiger partial charge in [0.25, 0.3) is 5.56 Å². The minimum atomic E-state index is -0.576. The number of amides is 1. The highest BCUT2D eigenvalue weighted by Crippen LogP contribution is 2.23. The number of para-hydroxylation sites is 1. The van der Waals surface area contributed by atoms with Gasteiger partial charge in [-0.3, -0.25) is 18.7 Å². The lowest BCUT2D eigenvalue weighted by molar-refractivity contribution is -0.116. The molecule has 0 radical (unpaired) electrons. The Morgan fingerprint density at radius 3 is 2.60 bits per heavy atom. The Bertz CT molecular complexity index is 1350. The van der Waals surface area contributed by atoms with Gasteiger partial charge in [0.1, 0.15) is 12.3 Å². The van der Waals surface area contributed by atoms with Crippen LogP contribution in [-0.2, 0) is 17.9 Å². The van der Waals surface area contributed by atoms with E-state index in [9.17, 15) is 14.4 Å². The number of anilines is 1. The molecule has 4 rings (SSSR count). The van der Waals surface area contributed by atoms with Gasteiger partial charge in [0, 0.05) is 4.47 Å². The number of halogens is 1. The average molecular weight is 468 g/mol. The van der Waals surface area contributed by atoms with Crippen LogP contribution in [0.3, 0.4) is 0 Å². The Morgan fingerprint density at radius 2 is 1.87 bits per heavy atom. The first kappa shape index (κ1) is 19.9. The highest BCUT2D eigenvalue weighted by atomic mass is 79.9. The van der Waals surface area contributed by atoms with Crippen molar-refractivity contribution in [2.45, 2.75) is 20.0 Å². The highest BCUT2D eigenvalue weighted by Gasteiger charge is 2.16. The maximum Gasteiger partial charge on any atom is 0.332 e.